The second-order valence-electron chi connectivity index (χ2n) is 10.1. The third kappa shape index (κ3) is 6.72. The van der Waals surface area contributed by atoms with Crippen LogP contribution in [0.1, 0.15) is 33.3 Å². The SMILES string of the molecule is Cc1ccc(S[C@@H]2O[C@@H]3CO[C@@H](c4ccccc4)O[C@H]3[C@H](OCc3ccccc3)[C@H]2OC(=O)c2ccccc2)cc1. The summed E-state index contributed by atoms with van der Waals surface area (Å²) < 4.78 is 32.1. The van der Waals surface area contributed by atoms with Crippen LogP contribution in [0.4, 0.5) is 0 Å². The Morgan fingerprint density at radius 3 is 2.17 bits per heavy atom. The van der Waals surface area contributed by atoms with E-state index in [0.29, 0.717) is 18.8 Å². The number of carbonyl (C=O) groups excluding carboxylic acids is 1. The summed E-state index contributed by atoms with van der Waals surface area (Å²) in [7, 11) is 0. The van der Waals surface area contributed by atoms with Crippen LogP contribution < -0.4 is 0 Å². The summed E-state index contributed by atoms with van der Waals surface area (Å²) >= 11 is 1.51. The highest BCUT2D eigenvalue weighted by molar-refractivity contribution is 7.99. The van der Waals surface area contributed by atoms with E-state index in [1.807, 2.05) is 97.9 Å². The molecular formula is C34H32O6S. The Morgan fingerprint density at radius 2 is 1.46 bits per heavy atom. The van der Waals surface area contributed by atoms with Crippen LogP contribution in [0.5, 0.6) is 0 Å². The zero-order valence-electron chi connectivity index (χ0n) is 22.7. The molecule has 7 heteroatoms. The molecule has 6 rings (SSSR count). The second-order valence-corrected chi connectivity index (χ2v) is 11.3. The molecule has 0 saturated carbocycles. The monoisotopic (exact) mass is 568 g/mol. The fourth-order valence-electron chi connectivity index (χ4n) is 5.02. The molecule has 4 aromatic rings. The standard InChI is InChI=1S/C34H32O6S/c1-23-17-19-27(20-18-23)41-34-31(39-32(35)25-13-7-3-8-14-25)30(36-21-24-11-5-2-6-12-24)29-28(38-34)22-37-33(40-29)26-15-9-4-10-16-26/h2-20,28-31,33-34H,21-22H2,1H3/t28-,29-,30+,31-,33-,34+/m1/s1. The van der Waals surface area contributed by atoms with Crippen molar-refractivity contribution in [3.8, 4) is 0 Å². The number of benzene rings is 4. The molecule has 0 N–H and O–H groups in total. The smallest absolute Gasteiger partial charge is 0.338 e. The fraction of sp³-hybridized carbons (Fsp3) is 0.265. The number of hydrogen-bond donors (Lipinski definition) is 0. The first-order valence-corrected chi connectivity index (χ1v) is 14.6. The van der Waals surface area contributed by atoms with E-state index in [0.717, 1.165) is 21.6 Å². The van der Waals surface area contributed by atoms with Crippen LogP contribution >= 0.6 is 11.8 Å². The van der Waals surface area contributed by atoms with Crippen molar-refractivity contribution in [2.24, 2.45) is 0 Å². The van der Waals surface area contributed by atoms with Crippen LogP contribution in [-0.2, 0) is 30.3 Å². The summed E-state index contributed by atoms with van der Waals surface area (Å²) in [5, 5.41) is 0. The molecule has 210 valence electrons. The summed E-state index contributed by atoms with van der Waals surface area (Å²) in [5.41, 5.74) is 2.99. The van der Waals surface area contributed by atoms with E-state index < -0.39 is 42.1 Å². The Kier molecular flexibility index (Phi) is 8.80. The number of carbonyl (C=O) groups is 1. The van der Waals surface area contributed by atoms with Gasteiger partial charge in [-0.1, -0.05) is 108 Å². The number of ether oxygens (including phenoxy) is 5. The molecule has 2 aliphatic rings. The lowest BCUT2D eigenvalue weighted by atomic mass is 9.98. The van der Waals surface area contributed by atoms with E-state index in [2.05, 4.69) is 12.1 Å². The molecule has 41 heavy (non-hydrogen) atoms. The number of aryl methyl sites for hydroxylation is 1. The van der Waals surface area contributed by atoms with Crippen LogP contribution in [0, 0.1) is 6.92 Å². The molecule has 2 fully saturated rings. The first kappa shape index (κ1) is 27.7. The summed E-state index contributed by atoms with van der Waals surface area (Å²) in [6.45, 7) is 2.70. The van der Waals surface area contributed by atoms with Gasteiger partial charge in [0.2, 0.25) is 0 Å². The molecule has 0 aromatic heterocycles. The number of esters is 1. The Balaban J connectivity index is 1.33. The number of thioether (sulfide) groups is 1. The third-order valence-corrected chi connectivity index (χ3v) is 8.32. The van der Waals surface area contributed by atoms with Gasteiger partial charge in [0.15, 0.2) is 12.4 Å². The zero-order chi connectivity index (χ0) is 28.0. The average Bonchev–Trinajstić information content (AvgIpc) is 3.03. The highest BCUT2D eigenvalue weighted by Gasteiger charge is 2.52. The zero-order valence-corrected chi connectivity index (χ0v) is 23.5. The van der Waals surface area contributed by atoms with Crippen LogP contribution in [-0.4, -0.2) is 42.4 Å². The van der Waals surface area contributed by atoms with E-state index in [1.54, 1.807) is 12.1 Å². The predicted octanol–water partition coefficient (Wildman–Crippen LogP) is 6.74. The molecule has 0 bridgehead atoms. The number of rotatable bonds is 8. The van der Waals surface area contributed by atoms with Crippen molar-refractivity contribution in [2.45, 2.75) is 54.6 Å². The largest absolute Gasteiger partial charge is 0.452 e. The molecule has 0 radical (unpaired) electrons. The Labute approximate surface area is 244 Å². The lowest BCUT2D eigenvalue weighted by molar-refractivity contribution is -0.324. The third-order valence-electron chi connectivity index (χ3n) is 7.17. The maximum Gasteiger partial charge on any atom is 0.338 e. The van der Waals surface area contributed by atoms with Crippen molar-refractivity contribution < 1.29 is 28.5 Å². The van der Waals surface area contributed by atoms with Gasteiger partial charge in [0.25, 0.3) is 0 Å². The van der Waals surface area contributed by atoms with Crippen LogP contribution in [0.25, 0.3) is 0 Å². The highest BCUT2D eigenvalue weighted by Crippen LogP contribution is 2.41. The van der Waals surface area contributed by atoms with Gasteiger partial charge in [-0.05, 0) is 36.8 Å². The molecule has 0 unspecified atom stereocenters. The predicted molar refractivity (Wildman–Crippen MR) is 156 cm³/mol. The summed E-state index contributed by atoms with van der Waals surface area (Å²) in [6.07, 6.45) is -2.89. The molecule has 0 amide bonds. The molecular weight excluding hydrogens is 536 g/mol. The molecule has 6 atom stereocenters. The number of fused-ring (bicyclic) bond motifs is 1. The van der Waals surface area contributed by atoms with E-state index in [1.165, 1.54) is 11.8 Å². The first-order chi connectivity index (χ1) is 20.1. The van der Waals surface area contributed by atoms with E-state index >= 15 is 0 Å². The van der Waals surface area contributed by atoms with Gasteiger partial charge < -0.3 is 23.7 Å². The topological polar surface area (TPSA) is 63.2 Å². The van der Waals surface area contributed by atoms with Crippen molar-refractivity contribution in [3.05, 3.63) is 138 Å². The van der Waals surface area contributed by atoms with Gasteiger partial charge in [-0.25, -0.2) is 4.79 Å². The maximum atomic E-state index is 13.4. The molecule has 2 aliphatic heterocycles. The average molecular weight is 569 g/mol. The van der Waals surface area contributed by atoms with E-state index in [9.17, 15) is 4.79 Å². The maximum absolute atomic E-state index is 13.4. The van der Waals surface area contributed by atoms with Gasteiger partial charge in [0, 0.05) is 10.5 Å². The summed E-state index contributed by atoms with van der Waals surface area (Å²) in [5.74, 6) is -0.438. The highest BCUT2D eigenvalue weighted by atomic mass is 32.2. The first-order valence-electron chi connectivity index (χ1n) is 13.8. The summed E-state index contributed by atoms with van der Waals surface area (Å²) in [6, 6.07) is 36.9. The van der Waals surface area contributed by atoms with E-state index in [-0.39, 0.29) is 0 Å². The minimum atomic E-state index is -0.756. The molecule has 4 aromatic carbocycles. The van der Waals surface area contributed by atoms with Crippen molar-refractivity contribution >= 4 is 17.7 Å². The van der Waals surface area contributed by atoms with Crippen LogP contribution in [0.15, 0.2) is 120 Å². The van der Waals surface area contributed by atoms with Crippen LogP contribution in [0.2, 0.25) is 0 Å². The van der Waals surface area contributed by atoms with Crippen molar-refractivity contribution in [2.75, 3.05) is 6.61 Å². The fourth-order valence-corrected chi connectivity index (χ4v) is 6.12. The van der Waals surface area contributed by atoms with E-state index in [4.69, 9.17) is 23.7 Å². The molecule has 2 heterocycles. The van der Waals surface area contributed by atoms with Crippen LogP contribution in [0.3, 0.4) is 0 Å². The van der Waals surface area contributed by atoms with Crippen molar-refractivity contribution in [1.82, 2.24) is 0 Å². The van der Waals surface area contributed by atoms with Crippen molar-refractivity contribution in [1.29, 1.82) is 0 Å². The minimum absolute atomic E-state index is 0.319. The minimum Gasteiger partial charge on any atom is -0.452 e. The normalized spacial score (nSPS) is 25.7. The molecule has 6 nitrogen and oxygen atoms in total. The molecule has 0 aliphatic carbocycles. The van der Waals surface area contributed by atoms with Gasteiger partial charge in [-0.3, -0.25) is 0 Å². The molecule has 2 saturated heterocycles. The van der Waals surface area contributed by atoms with Gasteiger partial charge in [-0.2, -0.15) is 0 Å². The van der Waals surface area contributed by atoms with Gasteiger partial charge in [0.05, 0.1) is 18.8 Å². The van der Waals surface area contributed by atoms with Crippen molar-refractivity contribution in [3.63, 3.8) is 0 Å². The Bertz CT molecular complexity index is 1400. The van der Waals surface area contributed by atoms with Gasteiger partial charge in [0.1, 0.15) is 23.7 Å². The molecule has 0 spiro atoms. The Hall–Kier alpha value is -3.46. The summed E-state index contributed by atoms with van der Waals surface area (Å²) in [4.78, 5) is 14.4. The lowest BCUT2D eigenvalue weighted by Crippen LogP contribution is -2.62. The lowest BCUT2D eigenvalue weighted by Gasteiger charge is -2.48. The van der Waals surface area contributed by atoms with Gasteiger partial charge >= 0.3 is 5.97 Å². The Morgan fingerprint density at radius 1 is 0.805 bits per heavy atom. The second kappa shape index (κ2) is 13.0. The van der Waals surface area contributed by atoms with Gasteiger partial charge in [-0.15, -0.1) is 0 Å². The number of hydrogen-bond acceptors (Lipinski definition) is 7. The quantitative estimate of drug-likeness (QED) is 0.218.